The van der Waals surface area contributed by atoms with Crippen LogP contribution in [0.4, 0.5) is 10.1 Å². The van der Waals surface area contributed by atoms with Crippen LogP contribution in [0.15, 0.2) is 67.1 Å². The van der Waals surface area contributed by atoms with E-state index in [1.807, 2.05) is 18.2 Å². The van der Waals surface area contributed by atoms with Crippen LogP contribution in [0.2, 0.25) is 0 Å². The lowest BCUT2D eigenvalue weighted by atomic mass is 10.0. The number of nitrogens with one attached hydrogen (secondary N) is 3. The van der Waals surface area contributed by atoms with Crippen molar-refractivity contribution in [2.45, 2.75) is 6.54 Å². The Bertz CT molecular complexity index is 1950. The van der Waals surface area contributed by atoms with E-state index in [9.17, 15) is 12.8 Å². The van der Waals surface area contributed by atoms with Gasteiger partial charge in [0.15, 0.2) is 0 Å². The van der Waals surface area contributed by atoms with Crippen molar-refractivity contribution in [3.05, 3.63) is 78.5 Å². The third-order valence-corrected chi connectivity index (χ3v) is 6.73. The molecule has 10 nitrogen and oxygen atoms in total. The second-order valence-corrected chi connectivity index (χ2v) is 10.8. The molecular weight excluding hydrogens is 507 g/mol. The molecule has 5 heterocycles. The summed E-state index contributed by atoms with van der Waals surface area (Å²) in [7, 11) is -3.42. The highest BCUT2D eigenvalue weighted by atomic mass is 32.2. The van der Waals surface area contributed by atoms with Crippen molar-refractivity contribution >= 4 is 37.8 Å². The fourth-order valence-electron chi connectivity index (χ4n) is 4.37. The number of rotatable bonds is 6. The summed E-state index contributed by atoms with van der Waals surface area (Å²) in [6.45, 7) is -0.0218. The predicted molar refractivity (Wildman–Crippen MR) is 144 cm³/mol. The topological polar surface area (TPSA) is 155 Å². The quantitative estimate of drug-likeness (QED) is 0.255. The van der Waals surface area contributed by atoms with Gasteiger partial charge in [0.2, 0.25) is 10.0 Å². The number of hydrogen-bond donors (Lipinski definition) is 4. The first-order chi connectivity index (χ1) is 18.2. The number of aromatic amines is 2. The van der Waals surface area contributed by atoms with E-state index < -0.39 is 15.8 Å². The van der Waals surface area contributed by atoms with Gasteiger partial charge >= 0.3 is 0 Å². The average Bonchev–Trinajstić information content (AvgIpc) is 3.50. The minimum Gasteiger partial charge on any atom is -0.397 e. The molecule has 0 atom stereocenters. The number of nitrogen functional groups attached to an aromatic ring is 1. The van der Waals surface area contributed by atoms with Gasteiger partial charge in [-0.2, -0.15) is 5.10 Å². The number of aromatic nitrogens is 6. The van der Waals surface area contributed by atoms with E-state index >= 15 is 0 Å². The monoisotopic (exact) mass is 528 g/mol. The van der Waals surface area contributed by atoms with E-state index in [0.29, 0.717) is 45.1 Å². The molecule has 5 N–H and O–H groups in total. The van der Waals surface area contributed by atoms with E-state index in [1.54, 1.807) is 36.8 Å². The van der Waals surface area contributed by atoms with E-state index in [-0.39, 0.29) is 6.54 Å². The summed E-state index contributed by atoms with van der Waals surface area (Å²) in [6.07, 6.45) is 5.96. The average molecular weight is 529 g/mol. The van der Waals surface area contributed by atoms with Gasteiger partial charge < -0.3 is 10.7 Å². The molecule has 0 fully saturated rings. The van der Waals surface area contributed by atoms with Crippen molar-refractivity contribution < 1.29 is 12.8 Å². The fraction of sp³-hybridized carbons (Fsp3) is 0.0769. The molecule has 0 amide bonds. The van der Waals surface area contributed by atoms with Gasteiger partial charge in [-0.25, -0.2) is 27.5 Å². The van der Waals surface area contributed by atoms with Crippen LogP contribution in [0, 0.1) is 5.82 Å². The lowest BCUT2D eigenvalue weighted by Gasteiger charge is -2.08. The third-order valence-electron chi connectivity index (χ3n) is 6.06. The molecule has 0 aliphatic carbocycles. The Morgan fingerprint density at radius 3 is 2.74 bits per heavy atom. The van der Waals surface area contributed by atoms with E-state index in [1.165, 1.54) is 12.1 Å². The number of pyridine rings is 3. The first-order valence-electron chi connectivity index (χ1n) is 11.5. The molecule has 0 radical (unpaired) electrons. The number of fused-ring (bicyclic) bond motifs is 2. The molecular formula is C26H21FN8O2S. The normalized spacial score (nSPS) is 11.9. The van der Waals surface area contributed by atoms with E-state index in [4.69, 9.17) is 10.7 Å². The zero-order chi connectivity index (χ0) is 26.4. The van der Waals surface area contributed by atoms with Crippen LogP contribution in [-0.2, 0) is 16.6 Å². The minimum absolute atomic E-state index is 0.0218. The summed E-state index contributed by atoms with van der Waals surface area (Å²) >= 11 is 0. The molecule has 190 valence electrons. The Morgan fingerprint density at radius 2 is 1.92 bits per heavy atom. The standard InChI is InChI=1S/C26H21FN8O2S/c1-38(36,37)31-11-14-6-15(8-17(27)7-14)19-4-5-30-26-20(19)10-23(33-26)25-24-22(34-35-25)3-2-21(32-24)16-9-18(28)13-29-12-16/h2-10,12-13,31H,11,28H2,1H3,(H,30,33)(H,34,35). The maximum absolute atomic E-state index is 14.5. The molecule has 0 aliphatic rings. The van der Waals surface area contributed by atoms with Crippen LogP contribution in [0.25, 0.3) is 55.8 Å². The van der Waals surface area contributed by atoms with Gasteiger partial charge in [0.25, 0.3) is 0 Å². The van der Waals surface area contributed by atoms with Gasteiger partial charge in [-0.05, 0) is 65.2 Å². The van der Waals surface area contributed by atoms with Gasteiger partial charge in [0, 0.05) is 36.1 Å². The minimum atomic E-state index is -3.42. The molecule has 0 aliphatic heterocycles. The molecule has 0 saturated carbocycles. The van der Waals surface area contributed by atoms with Crippen LogP contribution in [0.1, 0.15) is 5.56 Å². The van der Waals surface area contributed by atoms with Crippen LogP contribution < -0.4 is 10.5 Å². The van der Waals surface area contributed by atoms with Crippen LogP contribution in [0.3, 0.4) is 0 Å². The van der Waals surface area contributed by atoms with Crippen molar-refractivity contribution in [3.63, 3.8) is 0 Å². The van der Waals surface area contributed by atoms with Crippen LogP contribution in [-0.4, -0.2) is 44.8 Å². The molecule has 38 heavy (non-hydrogen) atoms. The number of sulfonamides is 1. The van der Waals surface area contributed by atoms with Crippen molar-refractivity contribution in [1.82, 2.24) is 34.9 Å². The van der Waals surface area contributed by atoms with Crippen LogP contribution >= 0.6 is 0 Å². The van der Waals surface area contributed by atoms with E-state index in [0.717, 1.165) is 28.3 Å². The van der Waals surface area contributed by atoms with Gasteiger partial charge in [-0.15, -0.1) is 0 Å². The second kappa shape index (κ2) is 9.01. The molecule has 12 heteroatoms. The van der Waals surface area contributed by atoms with Gasteiger partial charge in [0.1, 0.15) is 22.7 Å². The lowest BCUT2D eigenvalue weighted by molar-refractivity contribution is 0.586. The smallest absolute Gasteiger partial charge is 0.209 e. The molecule has 0 unspecified atom stereocenters. The summed E-state index contributed by atoms with van der Waals surface area (Å²) in [5.74, 6) is -0.473. The zero-order valence-corrected chi connectivity index (χ0v) is 20.8. The Labute approximate surface area is 216 Å². The summed E-state index contributed by atoms with van der Waals surface area (Å²) < 4.78 is 39.9. The first kappa shape index (κ1) is 23.7. The fourth-order valence-corrected chi connectivity index (χ4v) is 4.80. The van der Waals surface area contributed by atoms with Gasteiger partial charge in [0.05, 0.1) is 28.8 Å². The first-order valence-corrected chi connectivity index (χ1v) is 13.4. The molecule has 0 saturated heterocycles. The highest BCUT2D eigenvalue weighted by Crippen LogP contribution is 2.34. The summed E-state index contributed by atoms with van der Waals surface area (Å²) in [6, 6.07) is 13.7. The molecule has 6 rings (SSSR count). The number of H-pyrrole nitrogens is 2. The van der Waals surface area contributed by atoms with Crippen molar-refractivity contribution in [2.75, 3.05) is 12.0 Å². The maximum atomic E-state index is 14.5. The Hall–Kier alpha value is -4.68. The van der Waals surface area contributed by atoms with Crippen molar-refractivity contribution in [1.29, 1.82) is 0 Å². The lowest BCUT2D eigenvalue weighted by Crippen LogP contribution is -2.21. The Kier molecular flexibility index (Phi) is 5.62. The molecule has 6 aromatic rings. The number of nitrogens with zero attached hydrogens (tertiary/aromatic N) is 4. The SMILES string of the molecule is CS(=O)(=O)NCc1cc(F)cc(-c2ccnc3[nH]c(-c4n[nH]c5ccc(-c6cncc(N)c6)nc45)cc23)c1. The van der Waals surface area contributed by atoms with Gasteiger partial charge in [-0.3, -0.25) is 10.1 Å². The number of nitrogens with two attached hydrogens (primary N) is 1. The number of halogens is 1. The predicted octanol–water partition coefficient (Wildman–Crippen LogP) is 4.00. The second-order valence-electron chi connectivity index (χ2n) is 8.92. The maximum Gasteiger partial charge on any atom is 0.209 e. The largest absolute Gasteiger partial charge is 0.397 e. The molecule has 5 aromatic heterocycles. The highest BCUT2D eigenvalue weighted by molar-refractivity contribution is 7.88. The van der Waals surface area contributed by atoms with E-state index in [2.05, 4.69) is 29.9 Å². The third kappa shape index (κ3) is 4.58. The Morgan fingerprint density at radius 1 is 1.05 bits per heavy atom. The summed E-state index contributed by atoms with van der Waals surface area (Å²) in [4.78, 5) is 16.7. The number of hydrogen-bond acceptors (Lipinski definition) is 7. The Balaban J connectivity index is 1.43. The summed E-state index contributed by atoms with van der Waals surface area (Å²) in [5, 5.41) is 8.24. The van der Waals surface area contributed by atoms with Crippen molar-refractivity contribution in [2.24, 2.45) is 0 Å². The van der Waals surface area contributed by atoms with Crippen LogP contribution in [0.5, 0.6) is 0 Å². The zero-order valence-electron chi connectivity index (χ0n) is 20.0. The molecule has 1 aromatic carbocycles. The van der Waals surface area contributed by atoms with Crippen molar-refractivity contribution in [3.8, 4) is 33.8 Å². The number of anilines is 1. The summed E-state index contributed by atoms with van der Waals surface area (Å²) in [5.41, 5.74) is 13.0. The van der Waals surface area contributed by atoms with Gasteiger partial charge in [-0.1, -0.05) is 0 Å². The highest BCUT2D eigenvalue weighted by Gasteiger charge is 2.17. The number of benzene rings is 1. The molecule has 0 bridgehead atoms. The molecule has 0 spiro atoms.